The standard InChI is InChI=1S/C70H124O6/c1-4-7-10-13-16-18-20-22-24-26-27-28-29-30-31-32-33-34-35-36-37-38-39-40-41-42-43-44-46-47-49-51-54-57-60-63-69(72)75-66-67(65-74-68(71)62-59-56-53-15-12-9-6-3)76-70(73)64-61-58-55-52-50-48-45-25-23-21-19-17-14-11-8-5-2/h7,10,16,18-19,21-22,24-25,27-28,45,67H,4-6,8-9,11-15,17,20,23,26,29-44,46-66H2,1-3H3/b10-7-,18-16-,21-19-,24-22-,28-27-,45-25-. The minimum atomic E-state index is -0.777. The van der Waals surface area contributed by atoms with Crippen LogP contribution in [0.4, 0.5) is 0 Å². The predicted octanol–water partition coefficient (Wildman–Crippen LogP) is 22.5. The third-order valence-electron chi connectivity index (χ3n) is 14.4. The summed E-state index contributed by atoms with van der Waals surface area (Å²) < 4.78 is 16.8. The minimum absolute atomic E-state index is 0.0760. The summed E-state index contributed by atoms with van der Waals surface area (Å²) in [4.78, 5) is 38.0. The molecular formula is C70H124O6. The average molecular weight is 1060 g/mol. The van der Waals surface area contributed by atoms with Gasteiger partial charge in [-0.1, -0.05) is 299 Å². The first-order valence-corrected chi connectivity index (χ1v) is 32.9. The molecule has 0 aromatic rings. The molecule has 1 atom stereocenters. The van der Waals surface area contributed by atoms with Crippen molar-refractivity contribution in [1.29, 1.82) is 0 Å². The maximum absolute atomic E-state index is 12.8. The summed E-state index contributed by atoms with van der Waals surface area (Å²) in [5.41, 5.74) is 0. The van der Waals surface area contributed by atoms with Gasteiger partial charge >= 0.3 is 17.9 Å². The van der Waals surface area contributed by atoms with E-state index in [0.29, 0.717) is 19.3 Å². The van der Waals surface area contributed by atoms with Gasteiger partial charge in [0.1, 0.15) is 13.2 Å². The fourth-order valence-electron chi connectivity index (χ4n) is 9.53. The van der Waals surface area contributed by atoms with Crippen molar-refractivity contribution in [2.45, 2.75) is 341 Å². The first-order valence-electron chi connectivity index (χ1n) is 32.9. The molecule has 0 radical (unpaired) electrons. The van der Waals surface area contributed by atoms with E-state index in [-0.39, 0.29) is 31.1 Å². The third kappa shape index (κ3) is 61.7. The Balaban J connectivity index is 3.96. The van der Waals surface area contributed by atoms with E-state index in [4.69, 9.17) is 14.2 Å². The smallest absolute Gasteiger partial charge is 0.306 e. The third-order valence-corrected chi connectivity index (χ3v) is 14.4. The van der Waals surface area contributed by atoms with Crippen LogP contribution < -0.4 is 0 Å². The lowest BCUT2D eigenvalue weighted by atomic mass is 10.0. The van der Waals surface area contributed by atoms with Gasteiger partial charge in [0.05, 0.1) is 0 Å². The molecule has 0 heterocycles. The van der Waals surface area contributed by atoms with Crippen LogP contribution in [0.5, 0.6) is 0 Å². The van der Waals surface area contributed by atoms with Crippen LogP contribution in [0.1, 0.15) is 335 Å². The fourth-order valence-corrected chi connectivity index (χ4v) is 9.53. The van der Waals surface area contributed by atoms with Crippen LogP contribution in [0, 0.1) is 0 Å². The van der Waals surface area contributed by atoms with Crippen LogP contribution in [0.3, 0.4) is 0 Å². The molecule has 0 aliphatic rings. The molecule has 76 heavy (non-hydrogen) atoms. The van der Waals surface area contributed by atoms with E-state index in [9.17, 15) is 14.4 Å². The quantitative estimate of drug-likeness (QED) is 0.0261. The second-order valence-corrected chi connectivity index (χ2v) is 22.0. The summed E-state index contributed by atoms with van der Waals surface area (Å²) in [6.45, 7) is 6.49. The number of hydrogen-bond acceptors (Lipinski definition) is 6. The highest BCUT2D eigenvalue weighted by Crippen LogP contribution is 2.17. The molecule has 0 spiro atoms. The summed E-state index contributed by atoms with van der Waals surface area (Å²) in [7, 11) is 0. The van der Waals surface area contributed by atoms with E-state index in [1.165, 1.54) is 186 Å². The minimum Gasteiger partial charge on any atom is -0.462 e. The molecule has 0 rings (SSSR count). The molecule has 440 valence electrons. The Hall–Kier alpha value is -3.15. The molecule has 0 aromatic heterocycles. The van der Waals surface area contributed by atoms with E-state index >= 15 is 0 Å². The van der Waals surface area contributed by atoms with Crippen LogP contribution in [0.25, 0.3) is 0 Å². The van der Waals surface area contributed by atoms with E-state index in [1.54, 1.807) is 0 Å². The lowest BCUT2D eigenvalue weighted by molar-refractivity contribution is -0.167. The normalized spacial score (nSPS) is 12.5. The highest BCUT2D eigenvalue weighted by molar-refractivity contribution is 5.71. The molecule has 6 heteroatoms. The number of allylic oxidation sites excluding steroid dienone is 12. The van der Waals surface area contributed by atoms with Crippen LogP contribution in [0.2, 0.25) is 0 Å². The molecule has 0 aliphatic heterocycles. The Kier molecular flexibility index (Phi) is 61.7. The molecule has 0 saturated heterocycles. The van der Waals surface area contributed by atoms with E-state index in [2.05, 4.69) is 93.7 Å². The van der Waals surface area contributed by atoms with Crippen molar-refractivity contribution in [2.24, 2.45) is 0 Å². The van der Waals surface area contributed by atoms with Gasteiger partial charge in [0.15, 0.2) is 6.10 Å². The number of hydrogen-bond donors (Lipinski definition) is 0. The number of esters is 3. The summed E-state index contributed by atoms with van der Waals surface area (Å²) in [6, 6.07) is 0. The highest BCUT2D eigenvalue weighted by atomic mass is 16.6. The highest BCUT2D eigenvalue weighted by Gasteiger charge is 2.19. The van der Waals surface area contributed by atoms with Crippen LogP contribution in [0.15, 0.2) is 72.9 Å². The van der Waals surface area contributed by atoms with Gasteiger partial charge in [0.25, 0.3) is 0 Å². The van der Waals surface area contributed by atoms with E-state index in [1.807, 2.05) is 0 Å². The number of ether oxygens (including phenoxy) is 3. The predicted molar refractivity (Wildman–Crippen MR) is 330 cm³/mol. The van der Waals surface area contributed by atoms with Crippen molar-refractivity contribution in [2.75, 3.05) is 13.2 Å². The molecule has 0 amide bonds. The van der Waals surface area contributed by atoms with Gasteiger partial charge in [-0.2, -0.15) is 0 Å². The van der Waals surface area contributed by atoms with Gasteiger partial charge < -0.3 is 14.2 Å². The second-order valence-electron chi connectivity index (χ2n) is 22.0. The van der Waals surface area contributed by atoms with Crippen molar-refractivity contribution < 1.29 is 28.6 Å². The molecule has 6 nitrogen and oxygen atoms in total. The molecule has 0 N–H and O–H groups in total. The molecule has 0 fully saturated rings. The van der Waals surface area contributed by atoms with Gasteiger partial charge in [0, 0.05) is 19.3 Å². The Morgan fingerprint density at radius 3 is 0.816 bits per heavy atom. The van der Waals surface area contributed by atoms with Gasteiger partial charge in [-0.25, -0.2) is 0 Å². The number of rotatable bonds is 60. The summed E-state index contributed by atoms with van der Waals surface area (Å²) in [5, 5.41) is 0. The Labute approximate surface area is 472 Å². The lowest BCUT2D eigenvalue weighted by Gasteiger charge is -2.18. The summed E-state index contributed by atoms with van der Waals surface area (Å²) in [6.07, 6.45) is 83.9. The van der Waals surface area contributed by atoms with Crippen molar-refractivity contribution in [1.82, 2.24) is 0 Å². The largest absolute Gasteiger partial charge is 0.462 e. The van der Waals surface area contributed by atoms with Gasteiger partial charge in [-0.05, 0) is 89.9 Å². The monoisotopic (exact) mass is 1060 g/mol. The Morgan fingerprint density at radius 1 is 0.276 bits per heavy atom. The van der Waals surface area contributed by atoms with E-state index in [0.717, 1.165) is 109 Å². The van der Waals surface area contributed by atoms with Crippen molar-refractivity contribution in [3.63, 3.8) is 0 Å². The first-order chi connectivity index (χ1) is 37.5. The average Bonchev–Trinajstić information content (AvgIpc) is 3.42. The number of carbonyl (C=O) groups excluding carboxylic acids is 3. The number of unbranched alkanes of at least 4 members (excludes halogenated alkanes) is 37. The molecule has 1 unspecified atom stereocenters. The summed E-state index contributed by atoms with van der Waals surface area (Å²) >= 11 is 0. The zero-order valence-corrected chi connectivity index (χ0v) is 50.5. The summed E-state index contributed by atoms with van der Waals surface area (Å²) in [5.74, 6) is -0.881. The van der Waals surface area contributed by atoms with E-state index < -0.39 is 6.10 Å². The zero-order chi connectivity index (χ0) is 55.0. The first kappa shape index (κ1) is 72.8. The molecule has 0 aliphatic carbocycles. The van der Waals surface area contributed by atoms with Gasteiger partial charge in [-0.3, -0.25) is 14.4 Å². The van der Waals surface area contributed by atoms with Crippen LogP contribution in [-0.4, -0.2) is 37.2 Å². The maximum atomic E-state index is 12.8. The zero-order valence-electron chi connectivity index (χ0n) is 50.5. The van der Waals surface area contributed by atoms with Gasteiger partial charge in [0.2, 0.25) is 0 Å². The lowest BCUT2D eigenvalue weighted by Crippen LogP contribution is -2.30. The topological polar surface area (TPSA) is 78.9 Å². The van der Waals surface area contributed by atoms with Crippen molar-refractivity contribution >= 4 is 17.9 Å². The van der Waals surface area contributed by atoms with Crippen molar-refractivity contribution in [3.05, 3.63) is 72.9 Å². The van der Waals surface area contributed by atoms with Gasteiger partial charge in [-0.15, -0.1) is 0 Å². The molecule has 0 aromatic carbocycles. The second kappa shape index (κ2) is 64.4. The SMILES string of the molecule is CC/C=C\C/C=C\C/C=C\C/C=C\CCCCCCCCCCCCCCCCCCCCCCCCC(=O)OCC(COC(=O)CCCCCCCCC)OC(=O)CCCCCCC/C=C\C/C=C\CCCCCC. The van der Waals surface area contributed by atoms with Crippen LogP contribution in [-0.2, 0) is 28.6 Å². The maximum Gasteiger partial charge on any atom is 0.306 e. The van der Waals surface area contributed by atoms with Crippen molar-refractivity contribution in [3.8, 4) is 0 Å². The Morgan fingerprint density at radius 2 is 0.513 bits per heavy atom. The molecule has 0 bridgehead atoms. The molecular weight excluding hydrogens is 937 g/mol. The fraction of sp³-hybridized carbons (Fsp3) is 0.786. The Bertz CT molecular complexity index is 1400. The number of carbonyl (C=O) groups is 3. The molecule has 0 saturated carbocycles. The van der Waals surface area contributed by atoms with Crippen LogP contribution >= 0.6 is 0 Å².